The van der Waals surface area contributed by atoms with Gasteiger partial charge in [-0.2, -0.15) is 0 Å². The van der Waals surface area contributed by atoms with Gasteiger partial charge in [0.05, 0.1) is 0 Å². The number of ether oxygens (including phenoxy) is 1. The first-order valence-corrected chi connectivity index (χ1v) is 8.59. The van der Waals surface area contributed by atoms with Gasteiger partial charge in [-0.1, -0.05) is 20.3 Å². The first-order valence-electron chi connectivity index (χ1n) is 8.59. The number of carbonyl (C=O) groups excluding carboxylic acids is 1. The first kappa shape index (κ1) is 19.2. The molecule has 0 spiro atoms. The van der Waals surface area contributed by atoms with Crippen LogP contribution < -0.4 is 10.6 Å². The average molecular weight is 313 g/mol. The smallest absolute Gasteiger partial charge is 0.407 e. The SMILES string of the molecule is CC(C)C(CNC(=O)OC(C)(C)C)NCC1CCCCN1C. The molecular formula is C17H35N3O2. The third-order valence-corrected chi connectivity index (χ3v) is 4.21. The predicted molar refractivity (Wildman–Crippen MR) is 91.1 cm³/mol. The molecule has 1 aliphatic rings. The lowest BCUT2D eigenvalue weighted by molar-refractivity contribution is 0.0518. The molecule has 0 aromatic rings. The zero-order valence-corrected chi connectivity index (χ0v) is 15.2. The molecule has 0 radical (unpaired) electrons. The molecule has 5 nitrogen and oxygen atoms in total. The minimum atomic E-state index is -0.449. The molecule has 22 heavy (non-hydrogen) atoms. The van der Waals surface area contributed by atoms with Crippen molar-refractivity contribution >= 4 is 6.09 Å². The van der Waals surface area contributed by atoms with Gasteiger partial charge in [-0.25, -0.2) is 4.79 Å². The van der Waals surface area contributed by atoms with Gasteiger partial charge in [-0.05, 0) is 53.1 Å². The molecule has 130 valence electrons. The van der Waals surface area contributed by atoms with E-state index >= 15 is 0 Å². The number of nitrogens with zero attached hydrogens (tertiary/aromatic N) is 1. The lowest BCUT2D eigenvalue weighted by Crippen LogP contribution is -2.50. The second-order valence-electron chi connectivity index (χ2n) is 7.77. The van der Waals surface area contributed by atoms with E-state index in [2.05, 4.69) is 36.4 Å². The Labute approximate surface area is 136 Å². The van der Waals surface area contributed by atoms with Crippen molar-refractivity contribution in [2.45, 2.75) is 71.6 Å². The molecule has 0 aliphatic carbocycles. The number of likely N-dealkylation sites (tertiary alicyclic amines) is 1. The van der Waals surface area contributed by atoms with Crippen LogP contribution in [0.2, 0.25) is 0 Å². The fourth-order valence-electron chi connectivity index (χ4n) is 2.74. The van der Waals surface area contributed by atoms with Crippen molar-refractivity contribution in [3.05, 3.63) is 0 Å². The Bertz CT molecular complexity index is 339. The summed E-state index contributed by atoms with van der Waals surface area (Å²) in [6, 6.07) is 0.874. The fraction of sp³-hybridized carbons (Fsp3) is 0.941. The van der Waals surface area contributed by atoms with Crippen LogP contribution in [0, 0.1) is 5.92 Å². The van der Waals surface area contributed by atoms with Crippen LogP contribution in [0.25, 0.3) is 0 Å². The van der Waals surface area contributed by atoms with E-state index in [1.807, 2.05) is 20.8 Å². The van der Waals surface area contributed by atoms with Crippen molar-refractivity contribution in [3.8, 4) is 0 Å². The van der Waals surface area contributed by atoms with Gasteiger partial charge in [0.15, 0.2) is 0 Å². The highest BCUT2D eigenvalue weighted by Gasteiger charge is 2.22. The van der Waals surface area contributed by atoms with Gasteiger partial charge in [-0.15, -0.1) is 0 Å². The van der Waals surface area contributed by atoms with E-state index in [0.717, 1.165) is 6.54 Å². The van der Waals surface area contributed by atoms with Crippen LogP contribution in [0.5, 0.6) is 0 Å². The Balaban J connectivity index is 2.37. The van der Waals surface area contributed by atoms with E-state index in [4.69, 9.17) is 4.74 Å². The molecule has 1 amide bonds. The number of nitrogens with one attached hydrogen (secondary N) is 2. The number of hydrogen-bond acceptors (Lipinski definition) is 4. The number of carbonyl (C=O) groups is 1. The van der Waals surface area contributed by atoms with Crippen molar-refractivity contribution in [2.75, 3.05) is 26.7 Å². The molecule has 1 fully saturated rings. The summed E-state index contributed by atoms with van der Waals surface area (Å²) in [5, 5.41) is 6.51. The maximum absolute atomic E-state index is 11.8. The number of piperidine rings is 1. The Morgan fingerprint density at radius 3 is 2.55 bits per heavy atom. The first-order chi connectivity index (χ1) is 10.2. The molecule has 1 saturated heterocycles. The summed E-state index contributed by atoms with van der Waals surface area (Å²) in [6.45, 7) is 12.8. The molecule has 0 bridgehead atoms. The standard InChI is InChI=1S/C17H35N3O2/c1-13(2)15(12-19-16(21)22-17(3,4)5)18-11-14-9-7-8-10-20(14)6/h13-15,18H,7-12H2,1-6H3,(H,19,21). The van der Waals surface area contributed by atoms with Crippen molar-refractivity contribution in [2.24, 2.45) is 5.92 Å². The van der Waals surface area contributed by atoms with Gasteiger partial charge < -0.3 is 20.3 Å². The van der Waals surface area contributed by atoms with Gasteiger partial charge in [-0.3, -0.25) is 0 Å². The molecule has 1 heterocycles. The fourth-order valence-corrected chi connectivity index (χ4v) is 2.74. The summed E-state index contributed by atoms with van der Waals surface area (Å²) in [5.41, 5.74) is -0.449. The molecule has 0 saturated carbocycles. The van der Waals surface area contributed by atoms with Gasteiger partial charge in [0.25, 0.3) is 0 Å². The maximum atomic E-state index is 11.8. The van der Waals surface area contributed by atoms with E-state index in [1.54, 1.807) is 0 Å². The van der Waals surface area contributed by atoms with E-state index < -0.39 is 5.60 Å². The zero-order valence-electron chi connectivity index (χ0n) is 15.2. The molecule has 2 atom stereocenters. The summed E-state index contributed by atoms with van der Waals surface area (Å²) in [5.74, 6) is 0.462. The minimum absolute atomic E-state index is 0.267. The van der Waals surface area contributed by atoms with Crippen LogP contribution in [-0.2, 0) is 4.74 Å². The Kier molecular flexibility index (Phi) is 7.63. The van der Waals surface area contributed by atoms with Crippen molar-refractivity contribution in [3.63, 3.8) is 0 Å². The number of hydrogen-bond donors (Lipinski definition) is 2. The number of rotatable bonds is 6. The second kappa shape index (κ2) is 8.73. The van der Waals surface area contributed by atoms with Gasteiger partial charge in [0.2, 0.25) is 0 Å². The highest BCUT2D eigenvalue weighted by Crippen LogP contribution is 2.14. The molecule has 5 heteroatoms. The summed E-state index contributed by atoms with van der Waals surface area (Å²) in [6.07, 6.45) is 3.54. The number of amides is 1. The molecule has 2 N–H and O–H groups in total. The average Bonchev–Trinajstić information content (AvgIpc) is 2.38. The van der Waals surface area contributed by atoms with Gasteiger partial charge in [0, 0.05) is 25.2 Å². The summed E-state index contributed by atoms with van der Waals surface area (Å²) in [7, 11) is 2.20. The molecule has 1 aliphatic heterocycles. The van der Waals surface area contributed by atoms with Crippen LogP contribution in [0.15, 0.2) is 0 Å². The highest BCUT2D eigenvalue weighted by molar-refractivity contribution is 5.67. The Morgan fingerprint density at radius 2 is 2.00 bits per heavy atom. The molecule has 0 aromatic carbocycles. The highest BCUT2D eigenvalue weighted by atomic mass is 16.6. The lowest BCUT2D eigenvalue weighted by Gasteiger charge is -2.34. The van der Waals surface area contributed by atoms with Crippen LogP contribution in [0.3, 0.4) is 0 Å². The molecule has 0 aromatic heterocycles. The van der Waals surface area contributed by atoms with Crippen molar-refractivity contribution in [1.29, 1.82) is 0 Å². The normalized spacial score (nSPS) is 21.7. The molecule has 2 unspecified atom stereocenters. The van der Waals surface area contributed by atoms with E-state index in [0.29, 0.717) is 18.5 Å². The number of likely N-dealkylation sites (N-methyl/N-ethyl adjacent to an activating group) is 1. The topological polar surface area (TPSA) is 53.6 Å². The van der Waals surface area contributed by atoms with Crippen LogP contribution in [-0.4, -0.2) is 55.4 Å². The van der Waals surface area contributed by atoms with Gasteiger partial charge in [0.1, 0.15) is 5.60 Å². The largest absolute Gasteiger partial charge is 0.444 e. The number of alkyl carbamates (subject to hydrolysis) is 1. The van der Waals surface area contributed by atoms with E-state index in [9.17, 15) is 4.79 Å². The van der Waals surface area contributed by atoms with Crippen LogP contribution >= 0.6 is 0 Å². The van der Waals surface area contributed by atoms with Crippen molar-refractivity contribution < 1.29 is 9.53 Å². The zero-order chi connectivity index (χ0) is 16.8. The quantitative estimate of drug-likeness (QED) is 0.791. The monoisotopic (exact) mass is 313 g/mol. The summed E-state index contributed by atoms with van der Waals surface area (Å²) < 4.78 is 5.29. The lowest BCUT2D eigenvalue weighted by atomic mass is 10.0. The second-order valence-corrected chi connectivity index (χ2v) is 7.77. The predicted octanol–water partition coefficient (Wildman–Crippen LogP) is 2.61. The maximum Gasteiger partial charge on any atom is 0.407 e. The third kappa shape index (κ3) is 7.45. The summed E-state index contributed by atoms with van der Waals surface area (Å²) >= 11 is 0. The Morgan fingerprint density at radius 1 is 1.32 bits per heavy atom. The Hall–Kier alpha value is -0.810. The van der Waals surface area contributed by atoms with E-state index in [1.165, 1.54) is 25.8 Å². The molecular weight excluding hydrogens is 278 g/mol. The van der Waals surface area contributed by atoms with Crippen LogP contribution in [0.4, 0.5) is 4.79 Å². The molecule has 1 rings (SSSR count). The van der Waals surface area contributed by atoms with Crippen molar-refractivity contribution in [1.82, 2.24) is 15.5 Å². The summed E-state index contributed by atoms with van der Waals surface area (Å²) in [4.78, 5) is 14.2. The third-order valence-electron chi connectivity index (χ3n) is 4.21. The van der Waals surface area contributed by atoms with Crippen LogP contribution in [0.1, 0.15) is 53.9 Å². The van der Waals surface area contributed by atoms with E-state index in [-0.39, 0.29) is 12.1 Å². The van der Waals surface area contributed by atoms with Gasteiger partial charge >= 0.3 is 6.09 Å². The minimum Gasteiger partial charge on any atom is -0.444 e.